The standard InChI is InChI=1S/C12H13N3O3/c1-7(10-3-2-4-18-10)15-11-9(13)5-8(6-14-11)12(16)17/h2-7H,13H2,1H3,(H,14,15)(H,16,17). The summed E-state index contributed by atoms with van der Waals surface area (Å²) in [5.41, 5.74) is 6.09. The first-order valence-electron chi connectivity index (χ1n) is 5.36. The molecule has 1 atom stereocenters. The van der Waals surface area contributed by atoms with Crippen molar-refractivity contribution in [1.82, 2.24) is 4.98 Å². The van der Waals surface area contributed by atoms with Crippen LogP contribution in [0.1, 0.15) is 29.1 Å². The minimum atomic E-state index is -1.06. The van der Waals surface area contributed by atoms with Crippen molar-refractivity contribution in [2.24, 2.45) is 0 Å². The zero-order valence-corrected chi connectivity index (χ0v) is 9.75. The molecule has 6 heteroatoms. The van der Waals surface area contributed by atoms with Crippen molar-refractivity contribution in [3.63, 3.8) is 0 Å². The molecule has 0 saturated carbocycles. The zero-order valence-electron chi connectivity index (χ0n) is 9.75. The van der Waals surface area contributed by atoms with Crippen LogP contribution in [0.2, 0.25) is 0 Å². The number of rotatable bonds is 4. The number of carboxylic acid groups (broad SMARTS) is 1. The van der Waals surface area contributed by atoms with Crippen molar-refractivity contribution >= 4 is 17.5 Å². The van der Waals surface area contributed by atoms with Crippen LogP contribution in [-0.4, -0.2) is 16.1 Å². The molecule has 0 aliphatic carbocycles. The summed E-state index contributed by atoms with van der Waals surface area (Å²) in [7, 11) is 0. The Balaban J connectivity index is 2.17. The first-order chi connectivity index (χ1) is 8.58. The number of nitrogens with one attached hydrogen (secondary N) is 1. The van der Waals surface area contributed by atoms with Gasteiger partial charge in [0.25, 0.3) is 0 Å². The molecular weight excluding hydrogens is 234 g/mol. The van der Waals surface area contributed by atoms with Crippen LogP contribution in [0.3, 0.4) is 0 Å². The Kier molecular flexibility index (Phi) is 3.18. The average Bonchev–Trinajstić information content (AvgIpc) is 2.85. The molecule has 0 aromatic carbocycles. The summed E-state index contributed by atoms with van der Waals surface area (Å²) in [5, 5.41) is 11.9. The van der Waals surface area contributed by atoms with Gasteiger partial charge in [0.2, 0.25) is 0 Å². The molecule has 4 N–H and O–H groups in total. The molecule has 0 fully saturated rings. The van der Waals surface area contributed by atoms with E-state index in [0.717, 1.165) is 5.76 Å². The molecule has 2 aromatic rings. The van der Waals surface area contributed by atoms with Gasteiger partial charge in [0.1, 0.15) is 11.6 Å². The van der Waals surface area contributed by atoms with E-state index in [4.69, 9.17) is 15.3 Å². The lowest BCUT2D eigenvalue weighted by Gasteiger charge is -2.13. The molecule has 94 valence electrons. The molecule has 2 heterocycles. The number of hydrogen-bond donors (Lipinski definition) is 3. The van der Waals surface area contributed by atoms with Gasteiger partial charge in [-0.05, 0) is 25.1 Å². The maximum absolute atomic E-state index is 10.7. The normalized spacial score (nSPS) is 12.1. The highest BCUT2D eigenvalue weighted by molar-refractivity contribution is 5.89. The lowest BCUT2D eigenvalue weighted by Crippen LogP contribution is -2.10. The van der Waals surface area contributed by atoms with Gasteiger partial charge in [-0.25, -0.2) is 9.78 Å². The van der Waals surface area contributed by atoms with E-state index in [1.54, 1.807) is 12.3 Å². The third kappa shape index (κ3) is 2.42. The first kappa shape index (κ1) is 12.0. The summed E-state index contributed by atoms with van der Waals surface area (Å²) in [6.07, 6.45) is 2.84. The predicted molar refractivity (Wildman–Crippen MR) is 66.4 cm³/mol. The highest BCUT2D eigenvalue weighted by atomic mass is 16.4. The maximum Gasteiger partial charge on any atom is 0.337 e. The van der Waals surface area contributed by atoms with Gasteiger partial charge in [0.05, 0.1) is 23.6 Å². The fourth-order valence-electron chi connectivity index (χ4n) is 1.53. The van der Waals surface area contributed by atoms with E-state index >= 15 is 0 Å². The summed E-state index contributed by atoms with van der Waals surface area (Å²) < 4.78 is 5.24. The summed E-state index contributed by atoms with van der Waals surface area (Å²) in [6, 6.07) is 4.88. The van der Waals surface area contributed by atoms with Crippen LogP contribution in [0.5, 0.6) is 0 Å². The number of anilines is 2. The Bertz CT molecular complexity index is 552. The number of nitrogen functional groups attached to an aromatic ring is 1. The van der Waals surface area contributed by atoms with Crippen molar-refractivity contribution in [3.05, 3.63) is 42.0 Å². The highest BCUT2D eigenvalue weighted by Crippen LogP contribution is 2.23. The van der Waals surface area contributed by atoms with Crippen LogP contribution in [0.15, 0.2) is 35.1 Å². The van der Waals surface area contributed by atoms with E-state index in [2.05, 4.69) is 10.3 Å². The summed E-state index contributed by atoms with van der Waals surface area (Å²) in [4.78, 5) is 14.7. The Morgan fingerprint density at radius 2 is 2.39 bits per heavy atom. The van der Waals surface area contributed by atoms with Crippen molar-refractivity contribution in [2.45, 2.75) is 13.0 Å². The van der Waals surface area contributed by atoms with Gasteiger partial charge in [0, 0.05) is 6.20 Å². The second-order valence-electron chi connectivity index (χ2n) is 3.85. The Hall–Kier alpha value is -2.50. The van der Waals surface area contributed by atoms with E-state index in [1.165, 1.54) is 12.3 Å². The lowest BCUT2D eigenvalue weighted by molar-refractivity contribution is 0.0696. The Morgan fingerprint density at radius 1 is 1.61 bits per heavy atom. The molecule has 2 rings (SSSR count). The maximum atomic E-state index is 10.7. The van der Waals surface area contributed by atoms with Gasteiger partial charge in [-0.15, -0.1) is 0 Å². The molecule has 0 aliphatic rings. The monoisotopic (exact) mass is 247 g/mol. The van der Waals surface area contributed by atoms with Crippen molar-refractivity contribution in [1.29, 1.82) is 0 Å². The van der Waals surface area contributed by atoms with Crippen molar-refractivity contribution < 1.29 is 14.3 Å². The summed E-state index contributed by atoms with van der Waals surface area (Å²) in [5.74, 6) is 0.127. The van der Waals surface area contributed by atoms with E-state index in [0.29, 0.717) is 5.82 Å². The largest absolute Gasteiger partial charge is 0.478 e. The number of nitrogens with zero attached hydrogens (tertiary/aromatic N) is 1. The van der Waals surface area contributed by atoms with Gasteiger partial charge in [-0.2, -0.15) is 0 Å². The van der Waals surface area contributed by atoms with E-state index < -0.39 is 5.97 Å². The smallest absolute Gasteiger partial charge is 0.337 e. The average molecular weight is 247 g/mol. The molecule has 0 amide bonds. The topological polar surface area (TPSA) is 101 Å². The molecule has 0 spiro atoms. The van der Waals surface area contributed by atoms with Crippen molar-refractivity contribution in [3.8, 4) is 0 Å². The number of nitrogens with two attached hydrogens (primary N) is 1. The van der Waals surface area contributed by atoms with E-state index in [1.807, 2.05) is 13.0 Å². The van der Waals surface area contributed by atoms with E-state index in [-0.39, 0.29) is 17.3 Å². The van der Waals surface area contributed by atoms with Crippen LogP contribution < -0.4 is 11.1 Å². The van der Waals surface area contributed by atoms with Gasteiger partial charge in [-0.3, -0.25) is 0 Å². The SMILES string of the molecule is CC(Nc1ncc(C(=O)O)cc1N)c1ccco1. The first-order valence-corrected chi connectivity index (χ1v) is 5.36. The number of pyridine rings is 1. The number of hydrogen-bond acceptors (Lipinski definition) is 5. The number of furan rings is 1. The molecule has 0 saturated heterocycles. The molecule has 2 aromatic heterocycles. The molecule has 6 nitrogen and oxygen atoms in total. The van der Waals surface area contributed by atoms with Gasteiger partial charge >= 0.3 is 5.97 Å². The summed E-state index contributed by atoms with van der Waals surface area (Å²) >= 11 is 0. The highest BCUT2D eigenvalue weighted by Gasteiger charge is 2.12. The summed E-state index contributed by atoms with van der Waals surface area (Å²) in [6.45, 7) is 1.89. The quantitative estimate of drug-likeness (QED) is 0.765. The number of carbonyl (C=O) groups is 1. The van der Waals surface area contributed by atoms with E-state index in [9.17, 15) is 4.79 Å². The van der Waals surface area contributed by atoms with Gasteiger partial charge in [-0.1, -0.05) is 0 Å². The second-order valence-corrected chi connectivity index (χ2v) is 3.85. The third-order valence-electron chi connectivity index (χ3n) is 2.49. The molecule has 18 heavy (non-hydrogen) atoms. The minimum Gasteiger partial charge on any atom is -0.478 e. The Labute approximate surface area is 103 Å². The van der Waals surface area contributed by atoms with Gasteiger partial charge < -0.3 is 20.6 Å². The number of aromatic carboxylic acids is 1. The van der Waals surface area contributed by atoms with Crippen LogP contribution >= 0.6 is 0 Å². The predicted octanol–water partition coefficient (Wildman–Crippen LogP) is 2.13. The Morgan fingerprint density at radius 3 is 2.94 bits per heavy atom. The molecule has 0 bridgehead atoms. The number of aromatic nitrogens is 1. The fourth-order valence-corrected chi connectivity index (χ4v) is 1.53. The fraction of sp³-hybridized carbons (Fsp3) is 0.167. The third-order valence-corrected chi connectivity index (χ3v) is 2.49. The molecular formula is C12H13N3O3. The second kappa shape index (κ2) is 4.79. The van der Waals surface area contributed by atoms with Gasteiger partial charge in [0.15, 0.2) is 0 Å². The van der Waals surface area contributed by atoms with Crippen molar-refractivity contribution in [2.75, 3.05) is 11.1 Å². The lowest BCUT2D eigenvalue weighted by atomic mass is 10.2. The van der Waals surface area contributed by atoms with Crippen LogP contribution in [0.25, 0.3) is 0 Å². The molecule has 0 aliphatic heterocycles. The zero-order chi connectivity index (χ0) is 13.1. The van der Waals surface area contributed by atoms with Crippen LogP contribution in [0, 0.1) is 0 Å². The van der Waals surface area contributed by atoms with Crippen LogP contribution in [0.4, 0.5) is 11.5 Å². The minimum absolute atomic E-state index is 0.0590. The molecule has 0 radical (unpaired) electrons. The number of carboxylic acids is 1. The molecule has 1 unspecified atom stereocenters. The van der Waals surface area contributed by atoms with Crippen LogP contribution in [-0.2, 0) is 0 Å².